The zero-order valence-electron chi connectivity index (χ0n) is 21.7. The van der Waals surface area contributed by atoms with Crippen LogP contribution in [-0.2, 0) is 22.7 Å². The summed E-state index contributed by atoms with van der Waals surface area (Å²) in [6.07, 6.45) is 2.00. The van der Waals surface area contributed by atoms with E-state index in [-0.39, 0.29) is 0 Å². The highest BCUT2D eigenvalue weighted by Gasteiger charge is 2.27. The molecule has 38 heavy (non-hydrogen) atoms. The van der Waals surface area contributed by atoms with Gasteiger partial charge in [0.25, 0.3) is 0 Å². The highest BCUT2D eigenvalue weighted by atomic mass is 32.2. The van der Waals surface area contributed by atoms with Gasteiger partial charge in [0.05, 0.1) is 16.3 Å². The molecule has 1 saturated heterocycles. The van der Waals surface area contributed by atoms with Crippen molar-refractivity contribution in [3.8, 4) is 0 Å². The van der Waals surface area contributed by atoms with Crippen LogP contribution in [0.3, 0.4) is 0 Å². The lowest BCUT2D eigenvalue weighted by Gasteiger charge is -2.36. The molecule has 1 aromatic heterocycles. The molecular weight excluding hydrogens is 516 g/mol. The molecule has 7 nitrogen and oxygen atoms in total. The van der Waals surface area contributed by atoms with E-state index in [0.717, 1.165) is 59.6 Å². The molecule has 1 atom stereocenters. The lowest BCUT2D eigenvalue weighted by molar-refractivity contribution is -0.137. The highest BCUT2D eigenvalue weighted by Crippen LogP contribution is 2.29. The van der Waals surface area contributed by atoms with Crippen LogP contribution in [0, 0.1) is 6.92 Å². The lowest BCUT2D eigenvalue weighted by Crippen LogP contribution is -2.45. The molecule has 1 N–H and O–H groups in total. The maximum Gasteiger partial charge on any atom is 0.329 e. The molecule has 198 valence electrons. The molecule has 3 aromatic rings. The van der Waals surface area contributed by atoms with Crippen molar-refractivity contribution in [1.29, 1.82) is 0 Å². The van der Waals surface area contributed by atoms with Crippen LogP contribution in [0.4, 0.5) is 5.69 Å². The Hall–Kier alpha value is -3.14. The van der Waals surface area contributed by atoms with Gasteiger partial charge in [-0.2, -0.15) is 0 Å². The molecule has 2 aliphatic rings. The number of hydrogen-bond donors (Lipinski definition) is 1. The number of hydrogen-bond acceptors (Lipinski definition) is 8. The number of allylic oxidation sites excluding steroid dienone is 1. The number of aromatic nitrogens is 1. The normalized spacial score (nSPS) is 18.5. The minimum Gasteiger partial charge on any atom is -0.494 e. The standard InChI is InChI=1S/C29H32N4O3S2/c1-20(15-26-21(2)30-28(38-26)27-31-25(19-37-27)29(34)35)36-18-23-8-6-7-22(16-23)17-32-11-13-33(14-12-32)24-9-4-3-5-10-24/h3-10,15-16,25H,11-14,17-19H2,1-2H3,(H,34,35)/b20-15+. The van der Waals surface area contributed by atoms with Crippen molar-refractivity contribution in [2.75, 3.05) is 36.8 Å². The number of carbonyl (C=O) groups is 1. The molecule has 5 rings (SSSR count). The Morgan fingerprint density at radius 2 is 1.87 bits per heavy atom. The van der Waals surface area contributed by atoms with E-state index in [0.29, 0.717) is 17.4 Å². The van der Waals surface area contributed by atoms with Crippen molar-refractivity contribution < 1.29 is 14.6 Å². The summed E-state index contributed by atoms with van der Waals surface area (Å²) >= 11 is 2.97. The van der Waals surface area contributed by atoms with Gasteiger partial charge in [0, 0.05) is 44.2 Å². The van der Waals surface area contributed by atoms with E-state index in [1.807, 2.05) is 19.9 Å². The molecule has 0 saturated carbocycles. The van der Waals surface area contributed by atoms with Crippen LogP contribution in [0.5, 0.6) is 0 Å². The average Bonchev–Trinajstić information content (AvgIpc) is 3.56. The zero-order valence-corrected chi connectivity index (χ0v) is 23.3. The first kappa shape index (κ1) is 26.5. The minimum absolute atomic E-state index is 0.458. The van der Waals surface area contributed by atoms with Crippen molar-refractivity contribution in [2.45, 2.75) is 33.0 Å². The van der Waals surface area contributed by atoms with Gasteiger partial charge in [-0.25, -0.2) is 9.78 Å². The summed E-state index contributed by atoms with van der Waals surface area (Å²) < 4.78 is 6.08. The molecule has 1 unspecified atom stereocenters. The Labute approximate surface area is 231 Å². The highest BCUT2D eigenvalue weighted by molar-refractivity contribution is 8.15. The van der Waals surface area contributed by atoms with Crippen molar-refractivity contribution in [3.63, 3.8) is 0 Å². The number of ether oxygens (including phenoxy) is 1. The first-order valence-corrected chi connectivity index (χ1v) is 14.6. The predicted octanol–water partition coefficient (Wildman–Crippen LogP) is 5.30. The van der Waals surface area contributed by atoms with E-state index in [9.17, 15) is 9.90 Å². The maximum absolute atomic E-state index is 11.2. The van der Waals surface area contributed by atoms with E-state index in [2.05, 4.69) is 74.4 Å². The second-order valence-electron chi connectivity index (χ2n) is 9.53. The van der Waals surface area contributed by atoms with Crippen LogP contribution >= 0.6 is 23.1 Å². The molecule has 3 heterocycles. The van der Waals surface area contributed by atoms with E-state index >= 15 is 0 Å². The number of aliphatic carboxylic acids is 1. The van der Waals surface area contributed by atoms with Crippen molar-refractivity contribution >= 4 is 45.9 Å². The topological polar surface area (TPSA) is 78.3 Å². The molecule has 1 fully saturated rings. The van der Waals surface area contributed by atoms with Crippen LogP contribution in [0.2, 0.25) is 0 Å². The fourth-order valence-electron chi connectivity index (χ4n) is 4.55. The van der Waals surface area contributed by atoms with E-state index in [4.69, 9.17) is 4.74 Å². The van der Waals surface area contributed by atoms with Crippen molar-refractivity contribution in [2.24, 2.45) is 4.99 Å². The van der Waals surface area contributed by atoms with E-state index in [1.54, 1.807) is 0 Å². The van der Waals surface area contributed by atoms with Crippen molar-refractivity contribution in [3.05, 3.63) is 87.1 Å². The Bertz CT molecular complexity index is 1330. The molecule has 0 aliphatic carbocycles. The third kappa shape index (κ3) is 6.64. The Kier molecular flexibility index (Phi) is 8.46. The largest absolute Gasteiger partial charge is 0.494 e. The van der Waals surface area contributed by atoms with E-state index in [1.165, 1.54) is 34.3 Å². The number of anilines is 1. The number of piperazine rings is 1. The number of aliphatic imine (C=N–C) groups is 1. The molecule has 0 bridgehead atoms. The van der Waals surface area contributed by atoms with Crippen LogP contribution in [0.25, 0.3) is 6.08 Å². The summed E-state index contributed by atoms with van der Waals surface area (Å²) in [6.45, 7) is 9.55. The molecule has 0 amide bonds. The second kappa shape index (κ2) is 12.1. The summed E-state index contributed by atoms with van der Waals surface area (Å²) in [5.41, 5.74) is 4.65. The SMILES string of the molecule is C/C(=C\c1sc(C2=NC(C(=O)O)CS2)nc1C)OCc1cccc(CN2CCN(c3ccccc3)CC2)c1. The number of nitrogens with zero attached hydrogens (tertiary/aromatic N) is 4. The molecular formula is C29H32N4O3S2. The summed E-state index contributed by atoms with van der Waals surface area (Å²) in [7, 11) is 0. The summed E-state index contributed by atoms with van der Waals surface area (Å²) in [5.74, 6) is 0.384. The van der Waals surface area contributed by atoms with Gasteiger partial charge in [0.2, 0.25) is 0 Å². The Balaban J connectivity index is 1.14. The number of para-hydroxylation sites is 1. The van der Waals surface area contributed by atoms with Gasteiger partial charge in [0.1, 0.15) is 16.7 Å². The molecule has 2 aromatic carbocycles. The first-order chi connectivity index (χ1) is 18.4. The number of rotatable bonds is 9. The number of thioether (sulfide) groups is 1. The maximum atomic E-state index is 11.2. The minimum atomic E-state index is -0.889. The van der Waals surface area contributed by atoms with Gasteiger partial charge >= 0.3 is 5.97 Å². The smallest absolute Gasteiger partial charge is 0.329 e. The quantitative estimate of drug-likeness (QED) is 0.364. The molecule has 2 aliphatic heterocycles. The van der Waals surface area contributed by atoms with Crippen molar-refractivity contribution in [1.82, 2.24) is 9.88 Å². The van der Waals surface area contributed by atoms with Crippen LogP contribution in [0.15, 0.2) is 65.3 Å². The molecule has 0 spiro atoms. The van der Waals surface area contributed by atoms with Gasteiger partial charge < -0.3 is 14.7 Å². The van der Waals surface area contributed by atoms with Crippen LogP contribution in [-0.4, -0.2) is 64.0 Å². The number of carboxylic acids is 1. The molecule has 0 radical (unpaired) electrons. The van der Waals surface area contributed by atoms with Gasteiger partial charge in [-0.15, -0.1) is 23.1 Å². The Morgan fingerprint density at radius 1 is 1.11 bits per heavy atom. The predicted molar refractivity (Wildman–Crippen MR) is 156 cm³/mol. The zero-order chi connectivity index (χ0) is 26.5. The monoisotopic (exact) mass is 548 g/mol. The fourth-order valence-corrected chi connectivity index (χ4v) is 6.71. The summed E-state index contributed by atoms with van der Waals surface area (Å²) in [6, 6.07) is 18.6. The average molecular weight is 549 g/mol. The van der Waals surface area contributed by atoms with Gasteiger partial charge in [-0.1, -0.05) is 42.5 Å². The fraction of sp³-hybridized carbons (Fsp3) is 0.345. The van der Waals surface area contributed by atoms with Gasteiger partial charge in [0.15, 0.2) is 6.04 Å². The first-order valence-electron chi connectivity index (χ1n) is 12.8. The van der Waals surface area contributed by atoms with Gasteiger partial charge in [-0.3, -0.25) is 9.89 Å². The summed E-state index contributed by atoms with van der Waals surface area (Å²) in [5, 5.41) is 10.7. The van der Waals surface area contributed by atoms with Gasteiger partial charge in [-0.05, 0) is 43.2 Å². The number of thiazole rings is 1. The lowest BCUT2D eigenvalue weighted by atomic mass is 10.1. The Morgan fingerprint density at radius 3 is 2.61 bits per heavy atom. The molecule has 9 heteroatoms. The van der Waals surface area contributed by atoms with Crippen LogP contribution < -0.4 is 4.90 Å². The third-order valence-corrected chi connectivity index (χ3v) is 8.94. The van der Waals surface area contributed by atoms with Crippen LogP contribution in [0.1, 0.15) is 33.6 Å². The second-order valence-corrected chi connectivity index (χ2v) is 11.6. The third-order valence-electron chi connectivity index (χ3n) is 6.64. The van der Waals surface area contributed by atoms with E-state index < -0.39 is 12.0 Å². The number of carboxylic acid groups (broad SMARTS) is 1. The number of aryl methyl sites for hydroxylation is 1. The number of benzene rings is 2. The summed E-state index contributed by atoms with van der Waals surface area (Å²) in [4.78, 5) is 26.1.